The second-order valence-electron chi connectivity index (χ2n) is 7.75. The van der Waals surface area contributed by atoms with E-state index >= 15 is 0 Å². The maximum Gasteiger partial charge on any atom is 0.337 e. The van der Waals surface area contributed by atoms with E-state index in [0.717, 1.165) is 56.6 Å². The summed E-state index contributed by atoms with van der Waals surface area (Å²) in [6, 6.07) is 5.51. The third kappa shape index (κ3) is 4.59. The minimum Gasteiger partial charge on any atom is -0.496 e. The highest BCUT2D eigenvalue weighted by Crippen LogP contribution is 2.27. The highest BCUT2D eigenvalue weighted by atomic mass is 16.5. The minimum atomic E-state index is -0.314. The van der Waals surface area contributed by atoms with Crippen LogP contribution in [0.3, 0.4) is 0 Å². The molecule has 0 N–H and O–H groups in total. The first kappa shape index (κ1) is 20.3. The van der Waals surface area contributed by atoms with Gasteiger partial charge < -0.3 is 14.4 Å². The largest absolute Gasteiger partial charge is 0.496 e. The number of benzene rings is 1. The lowest BCUT2D eigenvalue weighted by Crippen LogP contribution is -2.23. The number of carbonyl (C=O) groups excluding carboxylic acids is 1. The quantitative estimate of drug-likeness (QED) is 0.529. The lowest BCUT2D eigenvalue weighted by Gasteiger charge is -2.17. The smallest absolute Gasteiger partial charge is 0.337 e. The van der Waals surface area contributed by atoms with Crippen molar-refractivity contribution >= 4 is 11.7 Å². The van der Waals surface area contributed by atoms with Gasteiger partial charge in [0.1, 0.15) is 12.1 Å². The van der Waals surface area contributed by atoms with Crippen molar-refractivity contribution in [3.63, 3.8) is 0 Å². The van der Waals surface area contributed by atoms with Gasteiger partial charge in [-0.3, -0.25) is 0 Å². The summed E-state index contributed by atoms with van der Waals surface area (Å²) < 4.78 is 12.1. The van der Waals surface area contributed by atoms with E-state index in [1.165, 1.54) is 19.0 Å². The first-order valence-corrected chi connectivity index (χ1v) is 10.3. The number of hydrogen-bond donors (Lipinski definition) is 0. The van der Waals surface area contributed by atoms with Crippen LogP contribution < -0.4 is 4.74 Å². The molecule has 0 radical (unpaired) electrons. The number of nitrogens with zero attached hydrogens (tertiary/aromatic N) is 5. The Morgan fingerprint density at radius 3 is 3.00 bits per heavy atom. The van der Waals surface area contributed by atoms with Crippen LogP contribution in [0.25, 0.3) is 5.78 Å². The van der Waals surface area contributed by atoms with Gasteiger partial charge in [0.25, 0.3) is 5.78 Å². The maximum absolute atomic E-state index is 11.9. The molecule has 1 aliphatic heterocycles. The maximum atomic E-state index is 11.9. The molecule has 2 aromatic heterocycles. The van der Waals surface area contributed by atoms with Gasteiger partial charge in [-0.1, -0.05) is 0 Å². The van der Waals surface area contributed by atoms with Gasteiger partial charge in [0.05, 0.1) is 19.8 Å². The van der Waals surface area contributed by atoms with Crippen LogP contribution >= 0.6 is 0 Å². The number of aromatic nitrogens is 4. The summed E-state index contributed by atoms with van der Waals surface area (Å²) in [5, 5.41) is 4.14. The number of ether oxygens (including phenoxy) is 2. The van der Waals surface area contributed by atoms with Crippen molar-refractivity contribution in [2.45, 2.75) is 25.7 Å². The zero-order valence-electron chi connectivity index (χ0n) is 17.5. The van der Waals surface area contributed by atoms with Crippen LogP contribution in [0.1, 0.15) is 34.3 Å². The molecule has 158 valence electrons. The molecule has 8 nitrogen and oxygen atoms in total. The predicted octanol–water partition coefficient (Wildman–Crippen LogP) is 2.42. The van der Waals surface area contributed by atoms with Crippen LogP contribution in [0, 0.1) is 5.92 Å². The van der Waals surface area contributed by atoms with Gasteiger partial charge in [-0.25, -0.2) is 14.3 Å². The van der Waals surface area contributed by atoms with Crippen molar-refractivity contribution in [3.05, 3.63) is 53.6 Å². The van der Waals surface area contributed by atoms with E-state index in [4.69, 9.17) is 9.47 Å². The molecule has 1 aromatic carbocycles. The number of aryl methyl sites for hydroxylation is 1. The molecule has 0 bridgehead atoms. The summed E-state index contributed by atoms with van der Waals surface area (Å²) in [5.74, 6) is 1.70. The second-order valence-corrected chi connectivity index (χ2v) is 7.75. The highest BCUT2D eigenvalue weighted by Gasteiger charge is 2.24. The molecule has 1 aliphatic rings. The molecule has 0 saturated carbocycles. The summed E-state index contributed by atoms with van der Waals surface area (Å²) >= 11 is 0. The molecule has 1 fully saturated rings. The van der Waals surface area contributed by atoms with Crippen molar-refractivity contribution < 1.29 is 14.3 Å². The van der Waals surface area contributed by atoms with Crippen LogP contribution in [0.5, 0.6) is 5.75 Å². The topological polar surface area (TPSA) is 81.9 Å². The Balaban J connectivity index is 1.29. The van der Waals surface area contributed by atoms with Gasteiger partial charge in [0.2, 0.25) is 0 Å². The zero-order chi connectivity index (χ0) is 20.9. The zero-order valence-corrected chi connectivity index (χ0v) is 17.5. The Morgan fingerprint density at radius 1 is 1.27 bits per heavy atom. The summed E-state index contributed by atoms with van der Waals surface area (Å²) in [5.41, 5.74) is 2.81. The standard InChI is InChI=1S/C22H27N5O3/c1-29-20-6-5-18(21(28)30-2)11-19(20)10-16-7-9-26(13-16)8-3-4-17-12-23-22-24-15-25-27(22)14-17/h5-6,11-12,14-16H,3-4,7-10,13H2,1-2H3. The Labute approximate surface area is 175 Å². The molecule has 1 saturated heterocycles. The number of carbonyl (C=O) groups is 1. The minimum absolute atomic E-state index is 0.314. The van der Waals surface area contributed by atoms with Crippen molar-refractivity contribution in [2.24, 2.45) is 5.92 Å². The van der Waals surface area contributed by atoms with Crippen LogP contribution in [0.2, 0.25) is 0 Å². The van der Waals surface area contributed by atoms with E-state index in [1.807, 2.05) is 24.5 Å². The molecule has 0 aliphatic carbocycles. The van der Waals surface area contributed by atoms with Crippen molar-refractivity contribution in [1.29, 1.82) is 0 Å². The predicted molar refractivity (Wildman–Crippen MR) is 112 cm³/mol. The van der Waals surface area contributed by atoms with Gasteiger partial charge in [0.15, 0.2) is 0 Å². The fourth-order valence-electron chi connectivity index (χ4n) is 4.17. The summed E-state index contributed by atoms with van der Waals surface area (Å²) in [4.78, 5) is 22.8. The lowest BCUT2D eigenvalue weighted by molar-refractivity contribution is 0.0600. The van der Waals surface area contributed by atoms with Gasteiger partial charge in [0, 0.05) is 18.9 Å². The molecular weight excluding hydrogens is 382 g/mol. The Morgan fingerprint density at radius 2 is 2.17 bits per heavy atom. The molecule has 0 amide bonds. The first-order valence-electron chi connectivity index (χ1n) is 10.3. The van der Waals surface area contributed by atoms with E-state index in [9.17, 15) is 4.79 Å². The number of esters is 1. The second kappa shape index (κ2) is 9.21. The molecule has 30 heavy (non-hydrogen) atoms. The van der Waals surface area contributed by atoms with Crippen LogP contribution in [0.4, 0.5) is 0 Å². The molecule has 3 aromatic rings. The van der Waals surface area contributed by atoms with Crippen molar-refractivity contribution in [2.75, 3.05) is 33.9 Å². The van der Waals surface area contributed by atoms with Crippen LogP contribution in [-0.4, -0.2) is 64.3 Å². The normalized spacial score (nSPS) is 16.8. The highest BCUT2D eigenvalue weighted by molar-refractivity contribution is 5.89. The van der Waals surface area contributed by atoms with E-state index in [0.29, 0.717) is 17.3 Å². The fourth-order valence-corrected chi connectivity index (χ4v) is 4.17. The van der Waals surface area contributed by atoms with E-state index in [-0.39, 0.29) is 5.97 Å². The summed E-state index contributed by atoms with van der Waals surface area (Å²) in [7, 11) is 3.07. The number of hydrogen-bond acceptors (Lipinski definition) is 7. The van der Waals surface area contributed by atoms with Gasteiger partial charge >= 0.3 is 5.97 Å². The van der Waals surface area contributed by atoms with Gasteiger partial charge in [-0.15, -0.1) is 0 Å². The third-order valence-corrected chi connectivity index (χ3v) is 5.71. The van der Waals surface area contributed by atoms with E-state index < -0.39 is 0 Å². The summed E-state index contributed by atoms with van der Waals surface area (Å²) in [6.45, 7) is 3.22. The Hall–Kier alpha value is -3.00. The van der Waals surface area contributed by atoms with Crippen LogP contribution in [0.15, 0.2) is 36.9 Å². The molecule has 8 heteroatoms. The van der Waals surface area contributed by atoms with Crippen molar-refractivity contribution in [3.8, 4) is 5.75 Å². The fraction of sp³-hybridized carbons (Fsp3) is 0.455. The number of fused-ring (bicyclic) bond motifs is 1. The Bertz CT molecular complexity index is 1020. The number of methoxy groups -OCH3 is 2. The molecular formula is C22H27N5O3. The molecule has 1 unspecified atom stereocenters. The third-order valence-electron chi connectivity index (χ3n) is 5.71. The average Bonchev–Trinajstić information content (AvgIpc) is 3.42. The number of rotatable bonds is 8. The average molecular weight is 409 g/mol. The SMILES string of the molecule is COC(=O)c1ccc(OC)c(CC2CCN(CCCc3cnc4ncnn4c3)C2)c1. The Kier molecular flexibility index (Phi) is 6.23. The van der Waals surface area contributed by atoms with E-state index in [1.54, 1.807) is 17.7 Å². The monoisotopic (exact) mass is 409 g/mol. The van der Waals surface area contributed by atoms with Crippen molar-refractivity contribution in [1.82, 2.24) is 24.5 Å². The number of likely N-dealkylation sites (tertiary alicyclic amines) is 1. The molecule has 1 atom stereocenters. The van der Waals surface area contributed by atoms with E-state index in [2.05, 4.69) is 20.0 Å². The van der Waals surface area contributed by atoms with Crippen LogP contribution in [-0.2, 0) is 17.6 Å². The molecule has 3 heterocycles. The molecule has 4 rings (SSSR count). The summed E-state index contributed by atoms with van der Waals surface area (Å²) in [6.07, 6.45) is 9.51. The van der Waals surface area contributed by atoms with Gasteiger partial charge in [-0.2, -0.15) is 10.1 Å². The van der Waals surface area contributed by atoms with Gasteiger partial charge in [-0.05, 0) is 74.0 Å². The molecule has 0 spiro atoms. The first-order chi connectivity index (χ1) is 14.7. The lowest BCUT2D eigenvalue weighted by atomic mass is 9.96.